The molecule has 2 amide bonds. The molecule has 0 atom stereocenters. The van der Waals surface area contributed by atoms with E-state index in [0.29, 0.717) is 16.3 Å². The number of amides is 2. The van der Waals surface area contributed by atoms with Crippen LogP contribution in [0.2, 0.25) is 5.02 Å². The van der Waals surface area contributed by atoms with E-state index in [9.17, 15) is 18.0 Å². The van der Waals surface area contributed by atoms with E-state index >= 15 is 0 Å². The van der Waals surface area contributed by atoms with Gasteiger partial charge in [0, 0.05) is 10.7 Å². The first-order chi connectivity index (χ1) is 12.1. The molecule has 138 valence electrons. The molecule has 0 heterocycles. The van der Waals surface area contributed by atoms with Crippen LogP contribution < -0.4 is 20.9 Å². The van der Waals surface area contributed by atoms with Crippen LogP contribution in [0.3, 0.4) is 0 Å². The summed E-state index contributed by atoms with van der Waals surface area (Å²) in [5.41, 5.74) is 6.21. The Morgan fingerprint density at radius 3 is 2.46 bits per heavy atom. The maximum Gasteiger partial charge on any atom is 0.262 e. The monoisotopic (exact) mass is 397 g/mol. The summed E-state index contributed by atoms with van der Waals surface area (Å²) < 4.78 is 27.9. The van der Waals surface area contributed by atoms with Crippen molar-refractivity contribution in [3.05, 3.63) is 52.5 Å². The molecule has 5 N–H and O–H groups in total. The standard InChI is InChI=1S/C16H16ClN3O5S/c1-9-6-11(26(19,23)24)3-4-13(9)20-15(21)8-25-14-5-2-10(17)7-12(14)16(18)22/h2-7H,8H2,1H3,(H2,18,22)(H,20,21)(H2,19,23,24). The molecule has 0 bridgehead atoms. The number of primary sulfonamides is 1. The molecule has 2 aromatic rings. The second kappa shape index (κ2) is 7.73. The first-order valence-corrected chi connectivity index (χ1v) is 9.16. The molecule has 0 radical (unpaired) electrons. The number of halogens is 1. The van der Waals surface area contributed by atoms with Crippen LogP contribution in [0.4, 0.5) is 5.69 Å². The topological polar surface area (TPSA) is 142 Å². The largest absolute Gasteiger partial charge is 0.483 e. The quantitative estimate of drug-likeness (QED) is 0.675. The number of anilines is 1. The molecule has 10 heteroatoms. The highest BCUT2D eigenvalue weighted by molar-refractivity contribution is 7.89. The third kappa shape index (κ3) is 4.94. The van der Waals surface area contributed by atoms with Gasteiger partial charge in [0.15, 0.2) is 6.61 Å². The Morgan fingerprint density at radius 2 is 1.88 bits per heavy atom. The minimum absolute atomic E-state index is 0.0546. The Hall–Kier alpha value is -2.62. The lowest BCUT2D eigenvalue weighted by Gasteiger charge is -2.12. The van der Waals surface area contributed by atoms with Gasteiger partial charge in [-0.2, -0.15) is 0 Å². The minimum atomic E-state index is -3.83. The molecule has 2 aromatic carbocycles. The van der Waals surface area contributed by atoms with Gasteiger partial charge >= 0.3 is 0 Å². The molecule has 0 unspecified atom stereocenters. The Morgan fingerprint density at radius 1 is 1.19 bits per heavy atom. The smallest absolute Gasteiger partial charge is 0.262 e. The van der Waals surface area contributed by atoms with Crippen molar-refractivity contribution in [1.82, 2.24) is 0 Å². The Labute approximate surface area is 155 Å². The normalized spacial score (nSPS) is 11.0. The molecular weight excluding hydrogens is 382 g/mol. The van der Waals surface area contributed by atoms with Crippen molar-refractivity contribution >= 4 is 39.1 Å². The van der Waals surface area contributed by atoms with Crippen LogP contribution in [-0.4, -0.2) is 26.8 Å². The lowest BCUT2D eigenvalue weighted by atomic mass is 10.2. The SMILES string of the molecule is Cc1cc(S(N)(=O)=O)ccc1NC(=O)COc1ccc(Cl)cc1C(N)=O. The van der Waals surface area contributed by atoms with Gasteiger partial charge in [-0.15, -0.1) is 0 Å². The second-order valence-electron chi connectivity index (χ2n) is 5.36. The summed E-state index contributed by atoms with van der Waals surface area (Å²) in [6, 6.07) is 8.32. The van der Waals surface area contributed by atoms with Gasteiger partial charge in [0.2, 0.25) is 10.0 Å². The molecular formula is C16H16ClN3O5S. The van der Waals surface area contributed by atoms with E-state index < -0.39 is 28.4 Å². The molecule has 0 fully saturated rings. The van der Waals surface area contributed by atoms with E-state index in [2.05, 4.69) is 5.32 Å². The van der Waals surface area contributed by atoms with Crippen molar-refractivity contribution in [3.8, 4) is 5.75 Å². The summed E-state index contributed by atoms with van der Waals surface area (Å²) in [5, 5.41) is 7.94. The number of sulfonamides is 1. The van der Waals surface area contributed by atoms with E-state index in [1.165, 1.54) is 36.4 Å². The van der Waals surface area contributed by atoms with Crippen molar-refractivity contribution in [2.45, 2.75) is 11.8 Å². The van der Waals surface area contributed by atoms with Gasteiger partial charge in [-0.1, -0.05) is 11.6 Å². The number of primary amides is 1. The third-order valence-corrected chi connectivity index (χ3v) is 4.51. The van der Waals surface area contributed by atoms with Gasteiger partial charge in [-0.3, -0.25) is 9.59 Å². The highest BCUT2D eigenvalue weighted by Gasteiger charge is 2.14. The number of benzene rings is 2. The summed E-state index contributed by atoms with van der Waals surface area (Å²) in [5.74, 6) is -1.13. The molecule has 0 saturated carbocycles. The van der Waals surface area contributed by atoms with Crippen molar-refractivity contribution in [2.24, 2.45) is 10.9 Å². The van der Waals surface area contributed by atoms with Gasteiger partial charge in [-0.05, 0) is 48.9 Å². The van der Waals surface area contributed by atoms with Crippen molar-refractivity contribution in [2.75, 3.05) is 11.9 Å². The van der Waals surface area contributed by atoms with Crippen molar-refractivity contribution in [1.29, 1.82) is 0 Å². The number of carbonyl (C=O) groups is 2. The van der Waals surface area contributed by atoms with Crippen LogP contribution in [0.5, 0.6) is 5.75 Å². The number of rotatable bonds is 6. The Bertz CT molecular complexity index is 976. The summed E-state index contributed by atoms with van der Waals surface area (Å²) >= 11 is 5.80. The van der Waals surface area contributed by atoms with E-state index in [0.717, 1.165) is 0 Å². The second-order valence-corrected chi connectivity index (χ2v) is 7.36. The first kappa shape index (κ1) is 19.7. The van der Waals surface area contributed by atoms with Crippen LogP contribution in [0.25, 0.3) is 0 Å². The van der Waals surface area contributed by atoms with Crippen LogP contribution in [0, 0.1) is 6.92 Å². The van der Waals surface area contributed by atoms with Crippen LogP contribution in [-0.2, 0) is 14.8 Å². The molecule has 0 aromatic heterocycles. The number of ether oxygens (including phenoxy) is 1. The van der Waals surface area contributed by atoms with Crippen LogP contribution in [0.15, 0.2) is 41.3 Å². The first-order valence-electron chi connectivity index (χ1n) is 7.23. The molecule has 0 aliphatic carbocycles. The van der Waals surface area contributed by atoms with Gasteiger partial charge in [-0.25, -0.2) is 13.6 Å². The maximum atomic E-state index is 12.0. The summed E-state index contributed by atoms with van der Waals surface area (Å²) in [7, 11) is -3.83. The number of carbonyl (C=O) groups excluding carboxylic acids is 2. The molecule has 8 nitrogen and oxygen atoms in total. The lowest BCUT2D eigenvalue weighted by molar-refractivity contribution is -0.118. The molecule has 0 spiro atoms. The zero-order chi connectivity index (χ0) is 19.5. The van der Waals surface area contributed by atoms with Gasteiger partial charge in [0.1, 0.15) is 5.75 Å². The predicted molar refractivity (Wildman–Crippen MR) is 96.6 cm³/mol. The average Bonchev–Trinajstić information content (AvgIpc) is 2.54. The fraction of sp³-hybridized carbons (Fsp3) is 0.125. The van der Waals surface area contributed by atoms with Gasteiger partial charge in [0.05, 0.1) is 10.5 Å². The zero-order valence-electron chi connectivity index (χ0n) is 13.7. The number of hydrogen-bond acceptors (Lipinski definition) is 5. The van der Waals surface area contributed by atoms with Crippen LogP contribution in [0.1, 0.15) is 15.9 Å². The van der Waals surface area contributed by atoms with E-state index in [4.69, 9.17) is 27.2 Å². The third-order valence-electron chi connectivity index (χ3n) is 3.37. The van der Waals surface area contributed by atoms with Crippen LogP contribution >= 0.6 is 11.6 Å². The Kier molecular flexibility index (Phi) is 5.86. The number of aryl methyl sites for hydroxylation is 1. The maximum absolute atomic E-state index is 12.0. The minimum Gasteiger partial charge on any atom is -0.483 e. The summed E-state index contributed by atoms with van der Waals surface area (Å²) in [4.78, 5) is 23.4. The fourth-order valence-electron chi connectivity index (χ4n) is 2.10. The fourth-order valence-corrected chi connectivity index (χ4v) is 2.87. The summed E-state index contributed by atoms with van der Waals surface area (Å²) in [6.07, 6.45) is 0. The van der Waals surface area contributed by atoms with Gasteiger partial charge < -0.3 is 15.8 Å². The number of hydrogen-bond donors (Lipinski definition) is 3. The molecule has 0 saturated heterocycles. The van der Waals surface area contributed by atoms with Crippen molar-refractivity contribution in [3.63, 3.8) is 0 Å². The molecule has 2 rings (SSSR count). The zero-order valence-corrected chi connectivity index (χ0v) is 15.2. The molecule has 0 aliphatic heterocycles. The van der Waals surface area contributed by atoms with E-state index in [-0.39, 0.29) is 16.2 Å². The highest BCUT2D eigenvalue weighted by atomic mass is 35.5. The lowest BCUT2D eigenvalue weighted by Crippen LogP contribution is -2.22. The molecule has 0 aliphatic rings. The number of nitrogens with two attached hydrogens (primary N) is 2. The average molecular weight is 398 g/mol. The Balaban J connectivity index is 2.08. The summed E-state index contributed by atoms with van der Waals surface area (Å²) in [6.45, 7) is 1.23. The molecule has 26 heavy (non-hydrogen) atoms. The predicted octanol–water partition coefficient (Wildman–Crippen LogP) is 1.41. The van der Waals surface area contributed by atoms with Crippen molar-refractivity contribution < 1.29 is 22.7 Å². The van der Waals surface area contributed by atoms with E-state index in [1.54, 1.807) is 6.92 Å². The van der Waals surface area contributed by atoms with Gasteiger partial charge in [0.25, 0.3) is 11.8 Å². The van der Waals surface area contributed by atoms with E-state index in [1.807, 2.05) is 0 Å². The highest BCUT2D eigenvalue weighted by Crippen LogP contribution is 2.23. The number of nitrogens with one attached hydrogen (secondary N) is 1.